The number of rotatable bonds is 4. The molecule has 1 aliphatic heterocycles. The van der Waals surface area contributed by atoms with Crippen molar-refractivity contribution in [1.82, 2.24) is 4.90 Å². The number of fused-ring (bicyclic) bond motifs is 1. The molecule has 100 valence electrons. The molecular weight excluding hydrogens is 248 g/mol. The molecule has 3 nitrogen and oxygen atoms in total. The van der Waals surface area contributed by atoms with E-state index < -0.39 is 0 Å². The number of nitrogens with two attached hydrogens (primary N) is 1. The molecule has 4 heteroatoms. The molecule has 0 spiro atoms. The smallest absolute Gasteiger partial charge is 0.124 e. The number of benzene rings is 1. The first-order chi connectivity index (χ1) is 8.67. The Bertz CT molecular complexity index is 420. The molecule has 0 saturated heterocycles. The summed E-state index contributed by atoms with van der Waals surface area (Å²) < 4.78 is 5.73. The van der Waals surface area contributed by atoms with Crippen molar-refractivity contribution in [3.8, 4) is 5.75 Å². The molecule has 0 aliphatic carbocycles. The molecule has 1 aromatic carbocycles. The Hall–Kier alpha value is -0.770. The molecule has 0 fully saturated rings. The maximum atomic E-state index is 6.14. The van der Waals surface area contributed by atoms with Gasteiger partial charge in [0.05, 0.1) is 12.1 Å². The summed E-state index contributed by atoms with van der Waals surface area (Å²) in [4.78, 5) is 2.41. The highest BCUT2D eigenvalue weighted by atomic mass is 35.5. The first kappa shape index (κ1) is 13.7. The van der Waals surface area contributed by atoms with E-state index in [9.17, 15) is 0 Å². The summed E-state index contributed by atoms with van der Waals surface area (Å²) in [5.41, 5.74) is 7.11. The minimum atomic E-state index is -0.137. The van der Waals surface area contributed by atoms with E-state index in [1.165, 1.54) is 0 Å². The fourth-order valence-electron chi connectivity index (χ4n) is 2.95. The largest absolute Gasteiger partial charge is 0.493 e. The van der Waals surface area contributed by atoms with Crippen LogP contribution < -0.4 is 10.5 Å². The average molecular weight is 269 g/mol. The van der Waals surface area contributed by atoms with Crippen LogP contribution in [-0.2, 0) is 5.54 Å². The Morgan fingerprint density at radius 1 is 1.39 bits per heavy atom. The van der Waals surface area contributed by atoms with Crippen LogP contribution >= 0.6 is 11.6 Å². The summed E-state index contributed by atoms with van der Waals surface area (Å²) in [6.07, 6.45) is 0.915. The van der Waals surface area contributed by atoms with Gasteiger partial charge in [-0.15, -0.1) is 0 Å². The highest BCUT2D eigenvalue weighted by Gasteiger charge is 2.40. The summed E-state index contributed by atoms with van der Waals surface area (Å²) in [6, 6.07) is 5.82. The van der Waals surface area contributed by atoms with Gasteiger partial charge in [-0.25, -0.2) is 0 Å². The van der Waals surface area contributed by atoms with Gasteiger partial charge in [-0.05, 0) is 31.3 Å². The van der Waals surface area contributed by atoms with Crippen LogP contribution in [0.15, 0.2) is 18.2 Å². The van der Waals surface area contributed by atoms with E-state index in [0.29, 0.717) is 13.2 Å². The maximum absolute atomic E-state index is 6.14. The van der Waals surface area contributed by atoms with E-state index in [0.717, 1.165) is 35.8 Å². The van der Waals surface area contributed by atoms with Crippen LogP contribution in [0.1, 0.15) is 25.8 Å². The van der Waals surface area contributed by atoms with Crippen LogP contribution in [0.5, 0.6) is 5.75 Å². The number of hydrogen-bond donors (Lipinski definition) is 1. The Morgan fingerprint density at radius 3 is 2.72 bits per heavy atom. The second-order valence-corrected chi connectivity index (χ2v) is 5.08. The summed E-state index contributed by atoms with van der Waals surface area (Å²) in [7, 11) is 0. The summed E-state index contributed by atoms with van der Waals surface area (Å²) in [6.45, 7) is 7.58. The normalized spacial score (nSPS) is 22.7. The molecule has 0 radical (unpaired) electrons. The summed E-state index contributed by atoms with van der Waals surface area (Å²) in [5, 5.41) is 0.740. The van der Waals surface area contributed by atoms with E-state index in [2.05, 4.69) is 18.7 Å². The van der Waals surface area contributed by atoms with Gasteiger partial charge >= 0.3 is 0 Å². The highest BCUT2D eigenvalue weighted by Crippen LogP contribution is 2.41. The van der Waals surface area contributed by atoms with E-state index in [4.69, 9.17) is 22.1 Å². The van der Waals surface area contributed by atoms with E-state index in [1.807, 2.05) is 18.2 Å². The monoisotopic (exact) mass is 268 g/mol. The molecule has 0 bridgehead atoms. The lowest BCUT2D eigenvalue weighted by atomic mass is 9.82. The quantitative estimate of drug-likeness (QED) is 0.912. The first-order valence-corrected chi connectivity index (χ1v) is 6.93. The molecule has 1 heterocycles. The zero-order valence-corrected chi connectivity index (χ0v) is 11.8. The van der Waals surface area contributed by atoms with Gasteiger partial charge in [-0.2, -0.15) is 0 Å². The van der Waals surface area contributed by atoms with Crippen LogP contribution in [-0.4, -0.2) is 31.1 Å². The van der Waals surface area contributed by atoms with E-state index in [-0.39, 0.29) is 5.54 Å². The lowest BCUT2D eigenvalue weighted by Crippen LogP contribution is -2.53. The lowest BCUT2D eigenvalue weighted by Gasteiger charge is -2.46. The number of ether oxygens (including phenoxy) is 1. The molecule has 1 atom stereocenters. The topological polar surface area (TPSA) is 38.5 Å². The zero-order chi connectivity index (χ0) is 13.2. The van der Waals surface area contributed by atoms with Crippen molar-refractivity contribution < 1.29 is 4.74 Å². The number of halogens is 1. The third kappa shape index (κ3) is 2.11. The third-order valence-electron chi connectivity index (χ3n) is 3.92. The SMILES string of the molecule is CCN(CC)C1(CN)CCOc2ccc(Cl)cc21. The predicted octanol–water partition coefficient (Wildman–Crippen LogP) is 2.62. The van der Waals surface area contributed by atoms with Crippen molar-refractivity contribution in [3.63, 3.8) is 0 Å². The predicted molar refractivity (Wildman–Crippen MR) is 75.2 cm³/mol. The fraction of sp³-hybridized carbons (Fsp3) is 0.571. The molecule has 0 aromatic heterocycles. The Morgan fingerprint density at radius 2 is 2.11 bits per heavy atom. The molecule has 1 aliphatic rings. The molecule has 18 heavy (non-hydrogen) atoms. The van der Waals surface area contributed by atoms with Gasteiger partial charge in [0, 0.05) is 23.6 Å². The molecule has 1 unspecified atom stereocenters. The number of likely N-dealkylation sites (N-methyl/N-ethyl adjacent to an activating group) is 1. The van der Waals surface area contributed by atoms with Crippen molar-refractivity contribution >= 4 is 11.6 Å². The maximum Gasteiger partial charge on any atom is 0.124 e. The van der Waals surface area contributed by atoms with Crippen molar-refractivity contribution in [2.75, 3.05) is 26.2 Å². The minimum Gasteiger partial charge on any atom is -0.493 e. The standard InChI is InChI=1S/C14H21ClN2O/c1-3-17(4-2)14(10-16)7-8-18-13-6-5-11(15)9-12(13)14/h5-6,9H,3-4,7-8,10,16H2,1-2H3. The zero-order valence-electron chi connectivity index (χ0n) is 11.1. The van der Waals surface area contributed by atoms with Gasteiger partial charge in [-0.3, -0.25) is 4.90 Å². The number of nitrogens with zero attached hydrogens (tertiary/aromatic N) is 1. The molecule has 0 amide bonds. The van der Waals surface area contributed by atoms with Gasteiger partial charge in [0.1, 0.15) is 5.75 Å². The molecule has 2 rings (SSSR count). The first-order valence-electron chi connectivity index (χ1n) is 6.56. The molecule has 1 aromatic rings. The Kier molecular flexibility index (Phi) is 4.15. The Labute approximate surface area is 114 Å². The highest BCUT2D eigenvalue weighted by molar-refractivity contribution is 6.30. The minimum absolute atomic E-state index is 0.137. The van der Waals surface area contributed by atoms with Crippen LogP contribution in [0.25, 0.3) is 0 Å². The van der Waals surface area contributed by atoms with Crippen molar-refractivity contribution in [1.29, 1.82) is 0 Å². The van der Waals surface area contributed by atoms with E-state index in [1.54, 1.807) is 0 Å². The van der Waals surface area contributed by atoms with Crippen molar-refractivity contribution in [2.24, 2.45) is 5.73 Å². The third-order valence-corrected chi connectivity index (χ3v) is 4.16. The molecule has 2 N–H and O–H groups in total. The van der Waals surface area contributed by atoms with Gasteiger partial charge < -0.3 is 10.5 Å². The Balaban J connectivity index is 2.53. The molecular formula is C14H21ClN2O. The van der Waals surface area contributed by atoms with Crippen molar-refractivity contribution in [3.05, 3.63) is 28.8 Å². The van der Waals surface area contributed by atoms with Gasteiger partial charge in [0.15, 0.2) is 0 Å². The van der Waals surface area contributed by atoms with E-state index >= 15 is 0 Å². The number of hydrogen-bond acceptors (Lipinski definition) is 3. The summed E-state index contributed by atoms with van der Waals surface area (Å²) in [5.74, 6) is 0.919. The van der Waals surface area contributed by atoms with Gasteiger partial charge in [0.25, 0.3) is 0 Å². The fourth-order valence-corrected chi connectivity index (χ4v) is 3.13. The van der Waals surface area contributed by atoms with Crippen LogP contribution in [0.4, 0.5) is 0 Å². The summed E-state index contributed by atoms with van der Waals surface area (Å²) >= 11 is 6.14. The lowest BCUT2D eigenvalue weighted by molar-refractivity contribution is 0.0575. The van der Waals surface area contributed by atoms with Crippen LogP contribution in [0.3, 0.4) is 0 Å². The van der Waals surface area contributed by atoms with Gasteiger partial charge in [0.2, 0.25) is 0 Å². The second kappa shape index (κ2) is 5.47. The van der Waals surface area contributed by atoms with Crippen LogP contribution in [0.2, 0.25) is 5.02 Å². The van der Waals surface area contributed by atoms with Gasteiger partial charge in [-0.1, -0.05) is 25.4 Å². The second-order valence-electron chi connectivity index (χ2n) is 4.65. The average Bonchev–Trinajstić information content (AvgIpc) is 2.40. The van der Waals surface area contributed by atoms with Crippen molar-refractivity contribution in [2.45, 2.75) is 25.8 Å². The molecule has 0 saturated carbocycles. The van der Waals surface area contributed by atoms with Crippen LogP contribution in [0, 0.1) is 0 Å².